The molecule has 1 rings (SSSR count). The third-order valence-corrected chi connectivity index (χ3v) is 2.13. The third-order valence-electron chi connectivity index (χ3n) is 2.13. The number of aromatic nitrogens is 2. The zero-order chi connectivity index (χ0) is 13.5. The van der Waals surface area contributed by atoms with E-state index >= 15 is 0 Å². The van der Waals surface area contributed by atoms with E-state index < -0.39 is 6.09 Å². The van der Waals surface area contributed by atoms with Gasteiger partial charge in [-0.2, -0.15) is 4.68 Å². The van der Waals surface area contributed by atoms with Crippen molar-refractivity contribution in [3.8, 4) is 5.88 Å². The molecule has 1 aromatic heterocycles. The van der Waals surface area contributed by atoms with Gasteiger partial charge in [-0.15, -0.1) is 5.10 Å². The van der Waals surface area contributed by atoms with Crippen LogP contribution in [0.25, 0.3) is 0 Å². The molecule has 0 unspecified atom stereocenters. The van der Waals surface area contributed by atoms with E-state index in [1.165, 1.54) is 6.20 Å². The van der Waals surface area contributed by atoms with Crippen LogP contribution in [0.3, 0.4) is 0 Å². The number of hydrogen-bond acceptors (Lipinski definition) is 5. The molecule has 7 heteroatoms. The maximum Gasteiger partial charge on any atom is 0.432 e. The summed E-state index contributed by atoms with van der Waals surface area (Å²) in [6, 6.07) is 0. The summed E-state index contributed by atoms with van der Waals surface area (Å²) in [6.07, 6.45) is 0.645. The summed E-state index contributed by atoms with van der Waals surface area (Å²) in [4.78, 5) is 22.0. The molecule has 0 aliphatic carbocycles. The molecule has 0 atom stereocenters. The molecule has 0 bridgehead atoms. The molecule has 0 spiro atoms. The Hall–Kier alpha value is -2.05. The van der Waals surface area contributed by atoms with Crippen molar-refractivity contribution in [2.24, 2.45) is 0 Å². The van der Waals surface area contributed by atoms with Crippen molar-refractivity contribution < 1.29 is 24.2 Å². The second-order valence-electron chi connectivity index (χ2n) is 3.42. The summed E-state index contributed by atoms with van der Waals surface area (Å²) in [5.74, 6) is -0.0905. The smallest absolute Gasteiger partial charge is 0.432 e. The van der Waals surface area contributed by atoms with Crippen LogP contribution in [0.5, 0.6) is 5.88 Å². The van der Waals surface area contributed by atoms with E-state index in [2.05, 4.69) is 5.10 Å². The van der Waals surface area contributed by atoms with Crippen LogP contribution in [0.15, 0.2) is 6.20 Å². The Morgan fingerprint density at radius 1 is 1.39 bits per heavy atom. The van der Waals surface area contributed by atoms with Gasteiger partial charge in [0.25, 0.3) is 0 Å². The lowest BCUT2D eigenvalue weighted by Gasteiger charge is -2.02. The quantitative estimate of drug-likeness (QED) is 0.771. The summed E-state index contributed by atoms with van der Waals surface area (Å²) in [5, 5.41) is 12.6. The maximum absolute atomic E-state index is 11.2. The Labute approximate surface area is 104 Å². The summed E-state index contributed by atoms with van der Waals surface area (Å²) < 4.78 is 10.8. The van der Waals surface area contributed by atoms with Gasteiger partial charge in [-0.1, -0.05) is 0 Å². The molecule has 1 N–H and O–H groups in total. The molecular weight excluding hydrogens is 240 g/mol. The normalized spacial score (nSPS) is 10.1. The van der Waals surface area contributed by atoms with Crippen LogP contribution in [0, 0.1) is 0 Å². The van der Waals surface area contributed by atoms with Gasteiger partial charge in [0, 0.05) is 18.2 Å². The Balaban J connectivity index is 2.73. The lowest BCUT2D eigenvalue weighted by molar-refractivity contribution is -0.143. The van der Waals surface area contributed by atoms with Crippen molar-refractivity contribution >= 4 is 12.1 Å². The zero-order valence-corrected chi connectivity index (χ0v) is 10.4. The van der Waals surface area contributed by atoms with Gasteiger partial charge in [0.1, 0.15) is 0 Å². The molecule has 100 valence electrons. The fraction of sp³-hybridized carbons (Fsp3) is 0.545. The monoisotopic (exact) mass is 256 g/mol. The van der Waals surface area contributed by atoms with Crippen molar-refractivity contribution in [2.45, 2.75) is 26.7 Å². The highest BCUT2D eigenvalue weighted by Crippen LogP contribution is 2.18. The Kier molecular flexibility index (Phi) is 5.16. The van der Waals surface area contributed by atoms with E-state index in [0.717, 1.165) is 4.68 Å². The average molecular weight is 256 g/mol. The van der Waals surface area contributed by atoms with Gasteiger partial charge in [-0.25, -0.2) is 4.79 Å². The molecular formula is C11H16N2O5. The number of nitrogens with zero attached hydrogens (tertiary/aromatic N) is 2. The molecule has 18 heavy (non-hydrogen) atoms. The summed E-state index contributed by atoms with van der Waals surface area (Å²) in [6.45, 7) is 4.20. The van der Waals surface area contributed by atoms with Gasteiger partial charge >= 0.3 is 12.1 Å². The molecule has 0 fully saturated rings. The molecule has 0 radical (unpaired) electrons. The van der Waals surface area contributed by atoms with E-state index in [1.54, 1.807) is 13.8 Å². The largest absolute Gasteiger partial charge is 0.477 e. The van der Waals surface area contributed by atoms with E-state index in [0.29, 0.717) is 25.2 Å². The van der Waals surface area contributed by atoms with Crippen molar-refractivity contribution in [3.63, 3.8) is 0 Å². The highest BCUT2D eigenvalue weighted by molar-refractivity contribution is 5.70. The highest BCUT2D eigenvalue weighted by atomic mass is 16.5. The van der Waals surface area contributed by atoms with Crippen LogP contribution >= 0.6 is 0 Å². The molecule has 0 saturated heterocycles. The number of hydrogen-bond donors (Lipinski definition) is 1. The number of esters is 1. The minimum absolute atomic E-state index is 0.166. The Morgan fingerprint density at radius 2 is 2.11 bits per heavy atom. The predicted molar refractivity (Wildman–Crippen MR) is 61.8 cm³/mol. The number of carbonyl (C=O) groups is 2. The fourth-order valence-corrected chi connectivity index (χ4v) is 1.39. The predicted octanol–water partition coefficient (Wildman–Crippen LogP) is 1.30. The van der Waals surface area contributed by atoms with Crippen LogP contribution < -0.4 is 4.74 Å². The number of aryl methyl sites for hydroxylation is 1. The van der Waals surface area contributed by atoms with Gasteiger partial charge in [-0.05, 0) is 20.3 Å². The van der Waals surface area contributed by atoms with Gasteiger partial charge < -0.3 is 14.6 Å². The number of ether oxygens (including phenoxy) is 2. The lowest BCUT2D eigenvalue weighted by Crippen LogP contribution is -2.08. The van der Waals surface area contributed by atoms with Crippen LogP contribution in [0.4, 0.5) is 4.79 Å². The topological polar surface area (TPSA) is 90.7 Å². The van der Waals surface area contributed by atoms with E-state index in [4.69, 9.17) is 14.6 Å². The van der Waals surface area contributed by atoms with E-state index in [-0.39, 0.29) is 18.3 Å². The Bertz CT molecular complexity index is 427. The fourth-order valence-electron chi connectivity index (χ4n) is 1.39. The molecule has 1 heterocycles. The van der Waals surface area contributed by atoms with Gasteiger partial charge in [0.05, 0.1) is 13.2 Å². The molecule has 0 aromatic carbocycles. The van der Waals surface area contributed by atoms with Gasteiger partial charge in [0.15, 0.2) is 0 Å². The molecule has 0 amide bonds. The number of carbonyl (C=O) groups excluding carboxylic acids is 1. The zero-order valence-electron chi connectivity index (χ0n) is 10.4. The second-order valence-corrected chi connectivity index (χ2v) is 3.42. The van der Waals surface area contributed by atoms with Crippen LogP contribution in [-0.4, -0.2) is 40.2 Å². The van der Waals surface area contributed by atoms with Gasteiger partial charge in [-0.3, -0.25) is 4.79 Å². The van der Waals surface area contributed by atoms with Crippen LogP contribution in [0.1, 0.15) is 25.8 Å². The Morgan fingerprint density at radius 3 is 2.67 bits per heavy atom. The van der Waals surface area contributed by atoms with E-state index in [1.807, 2.05) is 0 Å². The second kappa shape index (κ2) is 6.63. The maximum atomic E-state index is 11.2. The minimum atomic E-state index is -1.20. The summed E-state index contributed by atoms with van der Waals surface area (Å²) in [7, 11) is 0. The summed E-state index contributed by atoms with van der Waals surface area (Å²) in [5.41, 5.74) is 0.576. The first-order chi connectivity index (χ1) is 8.58. The SMILES string of the molecule is CCOC(=O)CCc1cn(C(=O)O)nc1OCC. The van der Waals surface area contributed by atoms with Crippen molar-refractivity contribution in [1.82, 2.24) is 9.78 Å². The minimum Gasteiger partial charge on any atom is -0.477 e. The first-order valence-electron chi connectivity index (χ1n) is 5.68. The molecule has 0 saturated carbocycles. The number of rotatable bonds is 6. The molecule has 0 aliphatic heterocycles. The van der Waals surface area contributed by atoms with Gasteiger partial charge in [0.2, 0.25) is 5.88 Å². The first kappa shape index (κ1) is 14.0. The average Bonchev–Trinajstić information content (AvgIpc) is 2.71. The van der Waals surface area contributed by atoms with Crippen LogP contribution in [-0.2, 0) is 16.0 Å². The van der Waals surface area contributed by atoms with Crippen LogP contribution in [0.2, 0.25) is 0 Å². The molecule has 0 aliphatic rings. The highest BCUT2D eigenvalue weighted by Gasteiger charge is 2.15. The summed E-state index contributed by atoms with van der Waals surface area (Å²) >= 11 is 0. The van der Waals surface area contributed by atoms with E-state index in [9.17, 15) is 9.59 Å². The standard InChI is InChI=1S/C11H16N2O5/c1-3-17-9(14)6-5-8-7-13(11(15)16)12-10(8)18-4-2/h7H,3-6H2,1-2H3,(H,15,16). The lowest BCUT2D eigenvalue weighted by atomic mass is 10.2. The third kappa shape index (κ3) is 3.76. The van der Waals surface area contributed by atoms with Crippen molar-refractivity contribution in [3.05, 3.63) is 11.8 Å². The molecule has 7 nitrogen and oxygen atoms in total. The van der Waals surface area contributed by atoms with Crippen molar-refractivity contribution in [2.75, 3.05) is 13.2 Å². The van der Waals surface area contributed by atoms with Crippen molar-refractivity contribution in [1.29, 1.82) is 0 Å². The first-order valence-corrected chi connectivity index (χ1v) is 5.68. The molecule has 1 aromatic rings. The number of carboxylic acid groups (broad SMARTS) is 1.